The first-order chi connectivity index (χ1) is 13.3. The third-order valence-electron chi connectivity index (χ3n) is 4.20. The van der Waals surface area contributed by atoms with Gasteiger partial charge in [-0.25, -0.2) is 4.99 Å². The van der Waals surface area contributed by atoms with Gasteiger partial charge in [-0.3, -0.25) is 0 Å². The maximum Gasteiger partial charge on any atom is 0.191 e. The first-order valence-corrected chi connectivity index (χ1v) is 9.56. The van der Waals surface area contributed by atoms with Crippen LogP contribution >= 0.6 is 0 Å². The summed E-state index contributed by atoms with van der Waals surface area (Å²) in [6, 6.07) is 16.5. The highest BCUT2D eigenvalue weighted by Crippen LogP contribution is 2.12. The average Bonchev–Trinajstić information content (AvgIpc) is 2.71. The molecular weight excluding hydrogens is 338 g/mol. The minimum Gasteiger partial charge on any atom is -0.497 e. The Morgan fingerprint density at radius 2 is 1.70 bits per heavy atom. The van der Waals surface area contributed by atoms with Gasteiger partial charge in [0, 0.05) is 19.7 Å². The molecule has 5 heteroatoms. The van der Waals surface area contributed by atoms with E-state index in [0.717, 1.165) is 31.2 Å². The summed E-state index contributed by atoms with van der Waals surface area (Å²) in [5.41, 5.74) is 3.65. The second-order valence-electron chi connectivity index (χ2n) is 6.13. The molecule has 0 aliphatic heterocycles. The summed E-state index contributed by atoms with van der Waals surface area (Å²) < 4.78 is 10.8. The molecule has 0 amide bonds. The molecule has 2 aromatic carbocycles. The number of hydrogen-bond donors (Lipinski definition) is 2. The van der Waals surface area contributed by atoms with Crippen LogP contribution < -0.4 is 15.4 Å². The third kappa shape index (κ3) is 7.31. The van der Waals surface area contributed by atoms with Crippen LogP contribution in [-0.4, -0.2) is 32.8 Å². The first kappa shape index (κ1) is 20.8. The Balaban J connectivity index is 1.91. The molecule has 0 bridgehead atoms. The lowest BCUT2D eigenvalue weighted by Gasteiger charge is -2.13. The zero-order chi connectivity index (χ0) is 19.3. The van der Waals surface area contributed by atoms with Crippen LogP contribution in [0.1, 0.15) is 30.5 Å². The van der Waals surface area contributed by atoms with Gasteiger partial charge in [-0.1, -0.05) is 36.4 Å². The summed E-state index contributed by atoms with van der Waals surface area (Å²) in [7, 11) is 1.68. The number of nitrogens with zero attached hydrogens (tertiary/aromatic N) is 1. The van der Waals surface area contributed by atoms with Crippen molar-refractivity contribution in [2.75, 3.05) is 26.8 Å². The van der Waals surface area contributed by atoms with Gasteiger partial charge in [-0.05, 0) is 49.1 Å². The molecule has 27 heavy (non-hydrogen) atoms. The lowest BCUT2D eigenvalue weighted by atomic mass is 10.1. The zero-order valence-corrected chi connectivity index (χ0v) is 16.6. The van der Waals surface area contributed by atoms with Crippen LogP contribution in [0.4, 0.5) is 0 Å². The molecule has 0 fully saturated rings. The molecule has 0 aliphatic carbocycles. The topological polar surface area (TPSA) is 54.9 Å². The second-order valence-corrected chi connectivity index (χ2v) is 6.13. The van der Waals surface area contributed by atoms with Crippen LogP contribution in [0.25, 0.3) is 0 Å². The lowest BCUT2D eigenvalue weighted by Crippen LogP contribution is -2.38. The van der Waals surface area contributed by atoms with Crippen LogP contribution in [0.3, 0.4) is 0 Å². The van der Waals surface area contributed by atoms with Crippen molar-refractivity contribution in [3.05, 3.63) is 65.2 Å². The van der Waals surface area contributed by atoms with Crippen molar-refractivity contribution in [2.45, 2.75) is 33.4 Å². The molecule has 146 valence electrons. The first-order valence-electron chi connectivity index (χ1n) is 9.56. The van der Waals surface area contributed by atoms with Crippen molar-refractivity contribution in [3.8, 4) is 5.75 Å². The minimum absolute atomic E-state index is 0.626. The molecule has 0 saturated carbocycles. The fourth-order valence-corrected chi connectivity index (χ4v) is 2.69. The summed E-state index contributed by atoms with van der Waals surface area (Å²) in [6.45, 7) is 7.70. The number of rotatable bonds is 10. The molecule has 2 N–H and O–H groups in total. The van der Waals surface area contributed by atoms with Gasteiger partial charge in [0.05, 0.1) is 20.3 Å². The summed E-state index contributed by atoms with van der Waals surface area (Å²) in [5.74, 6) is 1.71. The molecule has 0 unspecified atom stereocenters. The predicted octanol–water partition coefficient (Wildman–Crippen LogP) is 3.53. The van der Waals surface area contributed by atoms with Crippen molar-refractivity contribution in [3.63, 3.8) is 0 Å². The van der Waals surface area contributed by atoms with Crippen LogP contribution in [0.5, 0.6) is 5.75 Å². The smallest absolute Gasteiger partial charge is 0.191 e. The molecule has 0 spiro atoms. The Labute approximate surface area is 162 Å². The van der Waals surface area contributed by atoms with Gasteiger partial charge in [-0.15, -0.1) is 0 Å². The number of nitrogens with one attached hydrogen (secondary N) is 2. The predicted molar refractivity (Wildman–Crippen MR) is 111 cm³/mol. The highest BCUT2D eigenvalue weighted by Gasteiger charge is 2.03. The molecule has 2 aromatic rings. The molecule has 2 rings (SSSR count). The highest BCUT2D eigenvalue weighted by molar-refractivity contribution is 5.79. The number of ether oxygens (including phenoxy) is 2. The van der Waals surface area contributed by atoms with Gasteiger partial charge in [-0.2, -0.15) is 0 Å². The van der Waals surface area contributed by atoms with Gasteiger partial charge in [0.15, 0.2) is 5.96 Å². The van der Waals surface area contributed by atoms with E-state index in [1.165, 1.54) is 16.7 Å². The molecular formula is C22H31N3O2. The molecule has 5 nitrogen and oxygen atoms in total. The maximum atomic E-state index is 5.56. The van der Waals surface area contributed by atoms with E-state index in [0.29, 0.717) is 19.8 Å². The fourth-order valence-electron chi connectivity index (χ4n) is 2.69. The molecule has 0 atom stereocenters. The molecule has 0 radical (unpaired) electrons. The van der Waals surface area contributed by atoms with E-state index in [1.54, 1.807) is 7.11 Å². The largest absolute Gasteiger partial charge is 0.497 e. The number of aliphatic imine (C=N–C) groups is 1. The highest BCUT2D eigenvalue weighted by atomic mass is 16.5. The Hall–Kier alpha value is -2.53. The Bertz CT molecular complexity index is 699. The minimum atomic E-state index is 0.626. The molecule has 0 aromatic heterocycles. The summed E-state index contributed by atoms with van der Waals surface area (Å²) >= 11 is 0. The van der Waals surface area contributed by atoms with Crippen molar-refractivity contribution in [1.29, 1.82) is 0 Å². The molecule has 0 saturated heterocycles. The monoisotopic (exact) mass is 369 g/mol. The van der Waals surface area contributed by atoms with E-state index in [-0.39, 0.29) is 0 Å². The van der Waals surface area contributed by atoms with Crippen molar-refractivity contribution in [1.82, 2.24) is 10.6 Å². The molecule has 0 heterocycles. The van der Waals surface area contributed by atoms with Crippen molar-refractivity contribution >= 4 is 5.96 Å². The normalized spacial score (nSPS) is 11.3. The summed E-state index contributed by atoms with van der Waals surface area (Å²) in [4.78, 5) is 4.73. The average molecular weight is 370 g/mol. The molecule has 0 aliphatic rings. The van der Waals surface area contributed by atoms with Gasteiger partial charge < -0.3 is 20.1 Å². The summed E-state index contributed by atoms with van der Waals surface area (Å²) in [5, 5.41) is 6.71. The van der Waals surface area contributed by atoms with Gasteiger partial charge in [0.1, 0.15) is 5.75 Å². The van der Waals surface area contributed by atoms with E-state index in [4.69, 9.17) is 14.5 Å². The maximum absolute atomic E-state index is 5.56. The van der Waals surface area contributed by atoms with Crippen molar-refractivity contribution in [2.24, 2.45) is 4.99 Å². The lowest BCUT2D eigenvalue weighted by molar-refractivity contribution is 0.133. The third-order valence-corrected chi connectivity index (χ3v) is 4.20. The second kappa shape index (κ2) is 12.0. The quantitative estimate of drug-likeness (QED) is 0.497. The number of hydrogen-bond acceptors (Lipinski definition) is 3. The Morgan fingerprint density at radius 1 is 0.963 bits per heavy atom. The Kier molecular flexibility index (Phi) is 9.21. The Morgan fingerprint density at radius 3 is 2.37 bits per heavy atom. The van der Waals surface area contributed by atoms with E-state index < -0.39 is 0 Å². The number of benzene rings is 2. The van der Waals surface area contributed by atoms with Crippen molar-refractivity contribution < 1.29 is 9.47 Å². The van der Waals surface area contributed by atoms with Crippen LogP contribution in [0, 0.1) is 0 Å². The van der Waals surface area contributed by atoms with Gasteiger partial charge in [0.2, 0.25) is 0 Å². The fraction of sp³-hybridized carbons (Fsp3) is 0.409. The van der Waals surface area contributed by atoms with E-state index in [9.17, 15) is 0 Å². The van der Waals surface area contributed by atoms with Crippen LogP contribution in [-0.2, 0) is 24.3 Å². The van der Waals surface area contributed by atoms with E-state index >= 15 is 0 Å². The van der Waals surface area contributed by atoms with Gasteiger partial charge >= 0.3 is 0 Å². The van der Waals surface area contributed by atoms with Crippen LogP contribution in [0.15, 0.2) is 53.5 Å². The van der Waals surface area contributed by atoms with Crippen LogP contribution in [0.2, 0.25) is 0 Å². The van der Waals surface area contributed by atoms with E-state index in [1.807, 2.05) is 31.2 Å². The SMILES string of the molecule is CCNC(=NCc1ccccc1COCC)NCCc1ccc(OC)cc1. The number of guanidine groups is 1. The summed E-state index contributed by atoms with van der Waals surface area (Å²) in [6.07, 6.45) is 0.926. The van der Waals surface area contributed by atoms with E-state index in [2.05, 4.69) is 41.8 Å². The standard InChI is InChI=1S/C22H31N3O2/c1-4-23-22(24-15-14-18-10-12-21(26-3)13-11-18)25-16-19-8-6-7-9-20(19)17-27-5-2/h6-13H,4-5,14-17H2,1-3H3,(H2,23,24,25). The van der Waals surface area contributed by atoms with Gasteiger partial charge in [0.25, 0.3) is 0 Å². The zero-order valence-electron chi connectivity index (χ0n) is 16.6. The number of methoxy groups -OCH3 is 1.